The van der Waals surface area contributed by atoms with Crippen molar-refractivity contribution in [1.82, 2.24) is 5.43 Å². The van der Waals surface area contributed by atoms with Gasteiger partial charge in [-0.2, -0.15) is 5.10 Å². The van der Waals surface area contributed by atoms with E-state index < -0.39 is 0 Å². The molecule has 0 aliphatic rings. The van der Waals surface area contributed by atoms with Gasteiger partial charge in [0.15, 0.2) is 0 Å². The number of nitrogens with one attached hydrogen (secondary N) is 1. The molecular formula is C11H14N2O. The van der Waals surface area contributed by atoms with Gasteiger partial charge in [-0.25, -0.2) is 0 Å². The number of hydrogen-bond acceptors (Lipinski definition) is 3. The van der Waals surface area contributed by atoms with E-state index in [1.54, 1.807) is 20.4 Å². The molecule has 3 nitrogen and oxygen atoms in total. The molecule has 0 radical (unpaired) electrons. The van der Waals surface area contributed by atoms with Crippen molar-refractivity contribution < 1.29 is 4.74 Å². The summed E-state index contributed by atoms with van der Waals surface area (Å²) in [4.78, 5) is 0. The zero-order chi connectivity index (χ0) is 10.2. The fraction of sp³-hybridized carbons (Fsp3) is 0.182. The fourth-order valence-electron chi connectivity index (χ4n) is 0.987. The molecule has 1 rings (SSSR count). The molecule has 0 bridgehead atoms. The lowest BCUT2D eigenvalue weighted by Crippen LogP contribution is -1.91. The Morgan fingerprint density at radius 3 is 2.57 bits per heavy atom. The topological polar surface area (TPSA) is 33.6 Å². The van der Waals surface area contributed by atoms with Crippen molar-refractivity contribution in [2.75, 3.05) is 14.2 Å². The Hall–Kier alpha value is -1.77. The molecule has 3 heteroatoms. The van der Waals surface area contributed by atoms with E-state index in [9.17, 15) is 0 Å². The maximum atomic E-state index is 5.05. The first-order valence-corrected chi connectivity index (χ1v) is 4.37. The molecule has 0 fully saturated rings. The highest BCUT2D eigenvalue weighted by molar-refractivity contribution is 5.78. The largest absolute Gasteiger partial charge is 0.497 e. The van der Waals surface area contributed by atoms with Crippen LogP contribution in [0.4, 0.5) is 0 Å². The van der Waals surface area contributed by atoms with Gasteiger partial charge in [0.1, 0.15) is 5.75 Å². The van der Waals surface area contributed by atoms with Crippen LogP contribution < -0.4 is 10.2 Å². The molecular weight excluding hydrogens is 176 g/mol. The molecule has 0 spiro atoms. The molecule has 0 atom stereocenters. The molecule has 0 aromatic heterocycles. The number of rotatable bonds is 4. The molecule has 0 saturated heterocycles. The minimum Gasteiger partial charge on any atom is -0.497 e. The van der Waals surface area contributed by atoms with Gasteiger partial charge in [0.05, 0.1) is 7.11 Å². The lowest BCUT2D eigenvalue weighted by Gasteiger charge is -1.98. The molecule has 74 valence electrons. The van der Waals surface area contributed by atoms with E-state index in [0.717, 1.165) is 11.3 Å². The smallest absolute Gasteiger partial charge is 0.118 e. The van der Waals surface area contributed by atoms with Crippen LogP contribution in [0.5, 0.6) is 5.75 Å². The molecule has 0 heterocycles. The molecule has 0 unspecified atom stereocenters. The predicted octanol–water partition coefficient (Wildman–Crippen LogP) is 1.91. The first-order valence-electron chi connectivity index (χ1n) is 4.37. The highest BCUT2D eigenvalue weighted by atomic mass is 16.5. The summed E-state index contributed by atoms with van der Waals surface area (Å²) in [5.41, 5.74) is 3.79. The van der Waals surface area contributed by atoms with Gasteiger partial charge in [-0.15, -0.1) is 0 Å². The average Bonchev–Trinajstić information content (AvgIpc) is 2.25. The van der Waals surface area contributed by atoms with E-state index in [1.165, 1.54) is 0 Å². The highest BCUT2D eigenvalue weighted by Crippen LogP contribution is 2.11. The van der Waals surface area contributed by atoms with Gasteiger partial charge in [0, 0.05) is 13.3 Å². The second-order valence-corrected chi connectivity index (χ2v) is 2.63. The van der Waals surface area contributed by atoms with Crippen molar-refractivity contribution in [1.29, 1.82) is 0 Å². The summed E-state index contributed by atoms with van der Waals surface area (Å²) < 4.78 is 5.05. The summed E-state index contributed by atoms with van der Waals surface area (Å²) in [6.45, 7) is 0. The molecule has 0 aliphatic heterocycles. The molecule has 0 amide bonds. The second kappa shape index (κ2) is 5.80. The van der Waals surface area contributed by atoms with Gasteiger partial charge in [-0.3, -0.25) is 0 Å². The third kappa shape index (κ3) is 3.31. The monoisotopic (exact) mass is 190 g/mol. The lowest BCUT2D eigenvalue weighted by atomic mass is 10.2. The predicted molar refractivity (Wildman–Crippen MR) is 59.6 cm³/mol. The molecule has 0 aliphatic carbocycles. The van der Waals surface area contributed by atoms with E-state index in [4.69, 9.17) is 4.74 Å². The molecule has 14 heavy (non-hydrogen) atoms. The minimum atomic E-state index is 0.867. The summed E-state index contributed by atoms with van der Waals surface area (Å²) in [5.74, 6) is 0.867. The number of methoxy groups -OCH3 is 1. The number of hydrazone groups is 1. The molecule has 1 aromatic carbocycles. The molecule has 0 saturated carbocycles. The Morgan fingerprint density at radius 2 is 2.00 bits per heavy atom. The summed E-state index contributed by atoms with van der Waals surface area (Å²) in [6, 6.07) is 7.83. The first kappa shape index (κ1) is 10.3. The Morgan fingerprint density at radius 1 is 1.29 bits per heavy atom. The van der Waals surface area contributed by atoms with Crippen LogP contribution in [0.3, 0.4) is 0 Å². The van der Waals surface area contributed by atoms with Crippen molar-refractivity contribution in [3.63, 3.8) is 0 Å². The quantitative estimate of drug-likeness (QED) is 0.581. The third-order valence-electron chi connectivity index (χ3n) is 1.69. The Labute approximate surface area is 84.1 Å². The van der Waals surface area contributed by atoms with Crippen LogP contribution in [0.15, 0.2) is 35.4 Å². The van der Waals surface area contributed by atoms with Crippen LogP contribution >= 0.6 is 0 Å². The van der Waals surface area contributed by atoms with E-state index in [2.05, 4.69) is 10.5 Å². The Kier molecular flexibility index (Phi) is 4.27. The number of nitrogens with zero attached hydrogens (tertiary/aromatic N) is 1. The third-order valence-corrected chi connectivity index (χ3v) is 1.69. The minimum absolute atomic E-state index is 0.867. The van der Waals surface area contributed by atoms with Crippen LogP contribution in [0, 0.1) is 0 Å². The number of ether oxygens (including phenoxy) is 1. The van der Waals surface area contributed by atoms with Crippen LogP contribution in [-0.4, -0.2) is 20.4 Å². The summed E-state index contributed by atoms with van der Waals surface area (Å²) in [6.07, 6.45) is 5.54. The van der Waals surface area contributed by atoms with Crippen molar-refractivity contribution in [3.8, 4) is 5.75 Å². The first-order chi connectivity index (χ1) is 6.86. The van der Waals surface area contributed by atoms with Crippen LogP contribution in [0.25, 0.3) is 6.08 Å². The lowest BCUT2D eigenvalue weighted by molar-refractivity contribution is 0.415. The molecule has 1 N–H and O–H groups in total. The van der Waals surface area contributed by atoms with Gasteiger partial charge in [0.25, 0.3) is 0 Å². The van der Waals surface area contributed by atoms with Crippen molar-refractivity contribution in [2.45, 2.75) is 0 Å². The highest BCUT2D eigenvalue weighted by Gasteiger charge is 1.88. The fourth-order valence-corrected chi connectivity index (χ4v) is 0.987. The summed E-state index contributed by atoms with van der Waals surface area (Å²) >= 11 is 0. The zero-order valence-electron chi connectivity index (χ0n) is 8.40. The number of benzene rings is 1. The number of allylic oxidation sites excluding steroid dienone is 1. The van der Waals surface area contributed by atoms with Crippen molar-refractivity contribution >= 4 is 12.3 Å². The van der Waals surface area contributed by atoms with Crippen LogP contribution in [-0.2, 0) is 0 Å². The van der Waals surface area contributed by atoms with E-state index in [1.807, 2.05) is 36.4 Å². The van der Waals surface area contributed by atoms with Crippen molar-refractivity contribution in [2.24, 2.45) is 5.10 Å². The van der Waals surface area contributed by atoms with E-state index >= 15 is 0 Å². The van der Waals surface area contributed by atoms with Crippen LogP contribution in [0.2, 0.25) is 0 Å². The maximum absolute atomic E-state index is 5.05. The van der Waals surface area contributed by atoms with E-state index in [-0.39, 0.29) is 0 Å². The summed E-state index contributed by atoms with van der Waals surface area (Å²) in [5, 5.41) is 3.83. The van der Waals surface area contributed by atoms with Gasteiger partial charge in [-0.1, -0.05) is 18.2 Å². The zero-order valence-corrected chi connectivity index (χ0v) is 8.40. The van der Waals surface area contributed by atoms with E-state index in [0.29, 0.717) is 0 Å². The van der Waals surface area contributed by atoms with Crippen molar-refractivity contribution in [3.05, 3.63) is 35.9 Å². The number of hydrogen-bond donors (Lipinski definition) is 1. The van der Waals surface area contributed by atoms with Gasteiger partial charge in [-0.05, 0) is 23.8 Å². The second-order valence-electron chi connectivity index (χ2n) is 2.63. The molecule has 1 aromatic rings. The average molecular weight is 190 g/mol. The normalized spacial score (nSPS) is 11.0. The summed E-state index contributed by atoms with van der Waals surface area (Å²) in [7, 11) is 3.42. The van der Waals surface area contributed by atoms with Gasteiger partial charge >= 0.3 is 0 Å². The van der Waals surface area contributed by atoms with Gasteiger partial charge < -0.3 is 10.2 Å². The maximum Gasteiger partial charge on any atom is 0.118 e. The van der Waals surface area contributed by atoms with Gasteiger partial charge in [0.2, 0.25) is 0 Å². The van der Waals surface area contributed by atoms with Crippen LogP contribution in [0.1, 0.15) is 5.56 Å². The SMILES string of the molecule is CN/N=C/C=C/c1ccc(OC)cc1. The Balaban J connectivity index is 2.59. The standard InChI is InChI=1S/C11H14N2O/c1-12-13-9-3-4-10-5-7-11(14-2)8-6-10/h3-9,12H,1-2H3/b4-3+,13-9+. The Bertz CT molecular complexity index is 315.